The third-order valence-corrected chi connectivity index (χ3v) is 5.00. The molecule has 0 aliphatic heterocycles. The second-order valence-electron chi connectivity index (χ2n) is 7.43. The largest absolute Gasteiger partial charge is 0.457 e. The van der Waals surface area contributed by atoms with Gasteiger partial charge in [0.1, 0.15) is 11.5 Å². The van der Waals surface area contributed by atoms with Crippen LogP contribution in [0, 0.1) is 0 Å². The highest BCUT2D eigenvalue weighted by atomic mass is 16.5. The van der Waals surface area contributed by atoms with Crippen LogP contribution in [0.1, 0.15) is 16.7 Å². The molecule has 0 unspecified atom stereocenters. The first-order chi connectivity index (χ1) is 16.4. The van der Waals surface area contributed by atoms with E-state index >= 15 is 0 Å². The smallest absolute Gasteiger partial charge is 0.127 e. The van der Waals surface area contributed by atoms with Crippen molar-refractivity contribution < 1.29 is 4.74 Å². The molecule has 0 heterocycles. The molecule has 0 bridgehead atoms. The summed E-state index contributed by atoms with van der Waals surface area (Å²) < 4.78 is 5.58. The van der Waals surface area contributed by atoms with Crippen molar-refractivity contribution in [1.29, 1.82) is 0 Å². The van der Waals surface area contributed by atoms with E-state index in [9.17, 15) is 0 Å². The lowest BCUT2D eigenvalue weighted by atomic mass is 9.96. The first-order valence-electron chi connectivity index (χ1n) is 11.0. The highest BCUT2D eigenvalue weighted by Crippen LogP contribution is 2.25. The lowest BCUT2D eigenvalue weighted by Gasteiger charge is -2.08. The first-order valence-corrected chi connectivity index (χ1v) is 11.0. The molecule has 0 radical (unpaired) electrons. The van der Waals surface area contributed by atoms with Gasteiger partial charge in [-0.2, -0.15) is 0 Å². The van der Waals surface area contributed by atoms with Crippen molar-refractivity contribution in [2.75, 3.05) is 0 Å². The Kier molecular flexibility index (Phi) is 7.87. The number of benzene rings is 5. The molecule has 1 nitrogen and oxygen atoms in total. The highest BCUT2D eigenvalue weighted by Gasteiger charge is 2.04. The number of hydrogen-bond acceptors (Lipinski definition) is 1. The van der Waals surface area contributed by atoms with Crippen molar-refractivity contribution in [1.82, 2.24) is 0 Å². The molecule has 0 aromatic heterocycles. The Labute approximate surface area is 196 Å². The normalized spacial score (nSPS) is 9.82. The summed E-state index contributed by atoms with van der Waals surface area (Å²) in [4.78, 5) is 0. The second kappa shape index (κ2) is 11.9. The van der Waals surface area contributed by atoms with Gasteiger partial charge in [-0.3, -0.25) is 0 Å². The average Bonchev–Trinajstić information content (AvgIpc) is 2.90. The minimum absolute atomic E-state index is 0.869. The molecule has 0 atom stereocenters. The molecule has 0 aliphatic carbocycles. The van der Waals surface area contributed by atoms with Crippen LogP contribution in [0.2, 0.25) is 0 Å². The standard InChI is InChI=1S/C20H16.C12H10O/c1-4-10-17(11-5-1)16-20(18-12-6-2-7-13-18)19-14-8-3-9-15-19;1-3-7-11(8-4-1)13-12-9-5-2-6-10-12/h1-16H;1-10H. The van der Waals surface area contributed by atoms with Crippen LogP contribution in [0.3, 0.4) is 0 Å². The van der Waals surface area contributed by atoms with Gasteiger partial charge in [-0.1, -0.05) is 127 Å². The van der Waals surface area contributed by atoms with Crippen LogP contribution >= 0.6 is 0 Å². The summed E-state index contributed by atoms with van der Waals surface area (Å²) in [6.07, 6.45) is 2.24. The summed E-state index contributed by atoms with van der Waals surface area (Å²) in [5.41, 5.74) is 4.94. The molecule has 5 rings (SSSR count). The molecule has 5 aromatic rings. The van der Waals surface area contributed by atoms with E-state index in [0.717, 1.165) is 11.5 Å². The Bertz CT molecular complexity index is 1150. The fraction of sp³-hybridized carbons (Fsp3) is 0. The Balaban J connectivity index is 0.000000172. The average molecular weight is 427 g/mol. The maximum absolute atomic E-state index is 5.58. The van der Waals surface area contributed by atoms with Crippen molar-refractivity contribution in [3.8, 4) is 11.5 Å². The Morgan fingerprint density at radius 2 is 0.727 bits per heavy atom. The predicted octanol–water partition coefficient (Wildman–Crippen LogP) is 8.75. The van der Waals surface area contributed by atoms with Gasteiger partial charge in [-0.25, -0.2) is 0 Å². The van der Waals surface area contributed by atoms with Crippen molar-refractivity contribution in [2.24, 2.45) is 0 Å². The molecular weight excluding hydrogens is 400 g/mol. The fourth-order valence-electron chi connectivity index (χ4n) is 3.40. The van der Waals surface area contributed by atoms with E-state index in [1.165, 1.54) is 22.3 Å². The van der Waals surface area contributed by atoms with Crippen LogP contribution < -0.4 is 4.74 Å². The molecule has 0 saturated carbocycles. The van der Waals surface area contributed by atoms with Gasteiger partial charge in [0.05, 0.1) is 0 Å². The quantitative estimate of drug-likeness (QED) is 0.255. The van der Waals surface area contributed by atoms with E-state index in [0.29, 0.717) is 0 Å². The second-order valence-corrected chi connectivity index (χ2v) is 7.43. The maximum Gasteiger partial charge on any atom is 0.127 e. The molecule has 0 saturated heterocycles. The van der Waals surface area contributed by atoms with Crippen LogP contribution in [-0.2, 0) is 0 Å². The molecule has 0 fully saturated rings. The lowest BCUT2D eigenvalue weighted by molar-refractivity contribution is 0.482. The van der Waals surface area contributed by atoms with Gasteiger partial charge in [-0.05, 0) is 52.6 Å². The number of para-hydroxylation sites is 2. The first kappa shape index (κ1) is 21.9. The van der Waals surface area contributed by atoms with Gasteiger partial charge in [0, 0.05) is 0 Å². The van der Waals surface area contributed by atoms with Gasteiger partial charge < -0.3 is 4.74 Å². The SMILES string of the molecule is C(=C(c1ccccc1)c1ccccc1)c1ccccc1.c1ccc(Oc2ccccc2)cc1. The summed E-state index contributed by atoms with van der Waals surface area (Å²) in [7, 11) is 0. The number of ether oxygens (including phenoxy) is 1. The third kappa shape index (κ3) is 6.81. The van der Waals surface area contributed by atoms with Crippen molar-refractivity contribution >= 4 is 11.6 Å². The van der Waals surface area contributed by atoms with Crippen molar-refractivity contribution in [2.45, 2.75) is 0 Å². The van der Waals surface area contributed by atoms with Crippen molar-refractivity contribution in [3.63, 3.8) is 0 Å². The molecule has 1 heteroatoms. The van der Waals surface area contributed by atoms with Gasteiger partial charge in [0.15, 0.2) is 0 Å². The fourth-order valence-corrected chi connectivity index (χ4v) is 3.40. The van der Waals surface area contributed by atoms with Crippen molar-refractivity contribution in [3.05, 3.63) is 168 Å². The Morgan fingerprint density at radius 3 is 1.12 bits per heavy atom. The van der Waals surface area contributed by atoms with E-state index < -0.39 is 0 Å². The zero-order valence-corrected chi connectivity index (χ0v) is 18.4. The van der Waals surface area contributed by atoms with E-state index in [4.69, 9.17) is 4.74 Å². The topological polar surface area (TPSA) is 9.23 Å². The molecule has 0 amide bonds. The maximum atomic E-state index is 5.58. The van der Waals surface area contributed by atoms with Crippen LogP contribution in [0.5, 0.6) is 11.5 Å². The lowest BCUT2D eigenvalue weighted by Crippen LogP contribution is -1.87. The summed E-state index contributed by atoms with van der Waals surface area (Å²) in [5, 5.41) is 0. The summed E-state index contributed by atoms with van der Waals surface area (Å²) >= 11 is 0. The zero-order chi connectivity index (χ0) is 22.6. The van der Waals surface area contributed by atoms with Gasteiger partial charge in [-0.15, -0.1) is 0 Å². The van der Waals surface area contributed by atoms with Crippen LogP contribution in [-0.4, -0.2) is 0 Å². The van der Waals surface area contributed by atoms with Gasteiger partial charge in [0.25, 0.3) is 0 Å². The summed E-state index contributed by atoms with van der Waals surface area (Å²) in [6, 6.07) is 51.0. The third-order valence-electron chi connectivity index (χ3n) is 5.00. The molecule has 5 aromatic carbocycles. The molecule has 0 N–H and O–H groups in total. The van der Waals surface area contributed by atoms with Crippen LogP contribution in [0.15, 0.2) is 152 Å². The minimum atomic E-state index is 0.869. The van der Waals surface area contributed by atoms with Crippen LogP contribution in [0.4, 0.5) is 0 Å². The van der Waals surface area contributed by atoms with Gasteiger partial charge in [0.2, 0.25) is 0 Å². The Hall–Kier alpha value is -4.36. The predicted molar refractivity (Wildman–Crippen MR) is 139 cm³/mol. The zero-order valence-electron chi connectivity index (χ0n) is 18.4. The van der Waals surface area contributed by atoms with E-state index in [1.807, 2.05) is 66.7 Å². The number of hydrogen-bond donors (Lipinski definition) is 0. The highest BCUT2D eigenvalue weighted by molar-refractivity contribution is 5.91. The molecule has 160 valence electrons. The van der Waals surface area contributed by atoms with E-state index in [2.05, 4.69) is 91.0 Å². The molecule has 0 spiro atoms. The van der Waals surface area contributed by atoms with E-state index in [1.54, 1.807) is 0 Å². The molecular formula is C32H26O. The summed E-state index contributed by atoms with van der Waals surface area (Å²) in [6.45, 7) is 0. The molecule has 0 aliphatic rings. The minimum Gasteiger partial charge on any atom is -0.457 e. The Morgan fingerprint density at radius 1 is 0.394 bits per heavy atom. The molecule has 33 heavy (non-hydrogen) atoms. The van der Waals surface area contributed by atoms with Gasteiger partial charge >= 0.3 is 0 Å². The van der Waals surface area contributed by atoms with Crippen LogP contribution in [0.25, 0.3) is 11.6 Å². The number of rotatable bonds is 5. The summed E-state index contributed by atoms with van der Waals surface area (Å²) in [5.74, 6) is 1.74. The monoisotopic (exact) mass is 426 g/mol. The van der Waals surface area contributed by atoms with E-state index in [-0.39, 0.29) is 0 Å².